The summed E-state index contributed by atoms with van der Waals surface area (Å²) in [6.45, 7) is 2.67. The molecule has 2 aliphatic rings. The van der Waals surface area contributed by atoms with Gasteiger partial charge in [0.15, 0.2) is 0 Å². The largest absolute Gasteiger partial charge is 0.375 e. The first-order valence-corrected chi connectivity index (χ1v) is 3.96. The number of hydrogen-bond acceptors (Lipinski definition) is 3. The quantitative estimate of drug-likeness (QED) is 0.402. The van der Waals surface area contributed by atoms with Crippen LogP contribution in [-0.4, -0.2) is 36.7 Å². The highest BCUT2D eigenvalue weighted by molar-refractivity contribution is 5.05. The topological polar surface area (TPSA) is 38.5 Å². The van der Waals surface area contributed by atoms with Crippen molar-refractivity contribution in [2.45, 2.75) is 18.6 Å². The fraction of sp³-hybridized carbons (Fsp3) is 0.750. The van der Waals surface area contributed by atoms with Crippen LogP contribution in [0.1, 0.15) is 6.42 Å². The van der Waals surface area contributed by atoms with Crippen molar-refractivity contribution in [3.63, 3.8) is 0 Å². The van der Waals surface area contributed by atoms with Gasteiger partial charge in [-0.05, 0) is 6.42 Å². The molecule has 0 amide bonds. The predicted molar refractivity (Wildman–Crippen MR) is 41.7 cm³/mol. The summed E-state index contributed by atoms with van der Waals surface area (Å²) < 4.78 is 5.44. The molecule has 1 aliphatic heterocycles. The highest BCUT2D eigenvalue weighted by atomic mass is 16.5. The van der Waals surface area contributed by atoms with Gasteiger partial charge in [0.1, 0.15) is 0 Å². The third kappa shape index (κ3) is 1.32. The van der Waals surface area contributed by atoms with Crippen LogP contribution in [0.2, 0.25) is 0 Å². The smallest absolute Gasteiger partial charge is 0.0748 e. The van der Waals surface area contributed by atoms with Gasteiger partial charge >= 0.3 is 0 Å². The van der Waals surface area contributed by atoms with Gasteiger partial charge in [0.25, 0.3) is 0 Å². The standard InChI is InChI=1S/C8H12N2O/c9-2-1-3-10-4-5-11-8-6-7(8)10/h7-8H,3-6,9H2. The molecule has 0 spiro atoms. The molecule has 0 aromatic heterocycles. The zero-order valence-electron chi connectivity index (χ0n) is 6.42. The molecular weight excluding hydrogens is 140 g/mol. The Morgan fingerprint density at radius 1 is 1.64 bits per heavy atom. The molecule has 0 radical (unpaired) electrons. The zero-order chi connectivity index (χ0) is 7.68. The Morgan fingerprint density at radius 3 is 3.36 bits per heavy atom. The summed E-state index contributed by atoms with van der Waals surface area (Å²) >= 11 is 0. The average molecular weight is 152 g/mol. The summed E-state index contributed by atoms with van der Waals surface area (Å²) in [5.74, 6) is 2.87. The molecule has 0 aromatic rings. The lowest BCUT2D eigenvalue weighted by atomic mass is 10.4. The van der Waals surface area contributed by atoms with E-state index >= 15 is 0 Å². The molecule has 1 saturated heterocycles. The normalized spacial score (nSPS) is 35.3. The van der Waals surface area contributed by atoms with Crippen LogP contribution in [0.5, 0.6) is 0 Å². The Balaban J connectivity index is 1.86. The Bertz CT molecular complexity index is 206. The first kappa shape index (κ1) is 6.96. The third-order valence-corrected chi connectivity index (χ3v) is 2.26. The lowest BCUT2D eigenvalue weighted by molar-refractivity contribution is 0.0370. The SMILES string of the molecule is NC#CCN1CCOC2CC21. The van der Waals surface area contributed by atoms with Gasteiger partial charge in [-0.15, -0.1) is 0 Å². The number of hydrogen-bond donors (Lipinski definition) is 1. The minimum absolute atomic E-state index is 0.503. The Hall–Kier alpha value is -0.720. The minimum atomic E-state index is 0.503. The molecule has 2 N–H and O–H groups in total. The maximum absolute atomic E-state index is 5.44. The van der Waals surface area contributed by atoms with Gasteiger partial charge in [-0.2, -0.15) is 0 Å². The summed E-state index contributed by atoms with van der Waals surface area (Å²) in [5, 5.41) is 0. The number of fused-ring (bicyclic) bond motifs is 1. The van der Waals surface area contributed by atoms with Crippen LogP contribution in [-0.2, 0) is 4.74 Å². The fourth-order valence-electron chi connectivity index (χ4n) is 1.55. The zero-order valence-corrected chi connectivity index (χ0v) is 6.42. The van der Waals surface area contributed by atoms with Crippen LogP contribution in [0.25, 0.3) is 0 Å². The summed E-state index contributed by atoms with van der Waals surface area (Å²) in [5.41, 5.74) is 5.09. The van der Waals surface area contributed by atoms with Crippen LogP contribution in [0.15, 0.2) is 0 Å². The van der Waals surface area contributed by atoms with Crippen molar-refractivity contribution in [2.24, 2.45) is 5.73 Å². The van der Waals surface area contributed by atoms with Crippen LogP contribution in [0.4, 0.5) is 0 Å². The van der Waals surface area contributed by atoms with Crippen molar-refractivity contribution < 1.29 is 4.74 Å². The predicted octanol–water partition coefficient (Wildman–Crippen LogP) is -0.621. The van der Waals surface area contributed by atoms with Gasteiger partial charge in [-0.1, -0.05) is 5.92 Å². The second kappa shape index (κ2) is 2.72. The molecule has 1 heterocycles. The van der Waals surface area contributed by atoms with Crippen LogP contribution in [0.3, 0.4) is 0 Å². The summed E-state index contributed by atoms with van der Waals surface area (Å²) in [6, 6.07) is 3.06. The van der Waals surface area contributed by atoms with E-state index in [0.29, 0.717) is 12.1 Å². The second-order valence-electron chi connectivity index (χ2n) is 3.00. The summed E-state index contributed by atoms with van der Waals surface area (Å²) in [4.78, 5) is 2.34. The van der Waals surface area contributed by atoms with Crippen molar-refractivity contribution >= 4 is 0 Å². The second-order valence-corrected chi connectivity index (χ2v) is 3.00. The maximum atomic E-state index is 5.44. The molecule has 2 rings (SSSR count). The minimum Gasteiger partial charge on any atom is -0.375 e. The molecule has 0 bridgehead atoms. The molecule has 3 heteroatoms. The Morgan fingerprint density at radius 2 is 2.55 bits per heavy atom. The Labute approximate surface area is 66.5 Å². The van der Waals surface area contributed by atoms with E-state index in [9.17, 15) is 0 Å². The molecule has 0 aromatic carbocycles. The first-order chi connectivity index (χ1) is 5.42. The van der Waals surface area contributed by atoms with E-state index in [-0.39, 0.29) is 0 Å². The average Bonchev–Trinajstić information content (AvgIpc) is 2.79. The van der Waals surface area contributed by atoms with E-state index in [0.717, 1.165) is 19.7 Å². The molecule has 3 nitrogen and oxygen atoms in total. The van der Waals surface area contributed by atoms with Crippen molar-refractivity contribution in [1.82, 2.24) is 4.90 Å². The number of morpholine rings is 1. The van der Waals surface area contributed by atoms with E-state index in [1.807, 2.05) is 0 Å². The van der Waals surface area contributed by atoms with E-state index < -0.39 is 0 Å². The van der Waals surface area contributed by atoms with E-state index in [2.05, 4.69) is 16.9 Å². The van der Waals surface area contributed by atoms with Gasteiger partial charge in [-0.3, -0.25) is 4.90 Å². The molecule has 1 saturated carbocycles. The highest BCUT2D eigenvalue weighted by Crippen LogP contribution is 2.33. The van der Waals surface area contributed by atoms with Crippen LogP contribution in [0, 0.1) is 12.0 Å². The lowest BCUT2D eigenvalue weighted by Crippen LogP contribution is -2.36. The molecule has 60 valence electrons. The fourth-order valence-corrected chi connectivity index (χ4v) is 1.55. The number of ether oxygens (including phenoxy) is 1. The van der Waals surface area contributed by atoms with Crippen molar-refractivity contribution in [3.8, 4) is 12.0 Å². The Kier molecular flexibility index (Phi) is 1.72. The molecule has 2 atom stereocenters. The number of nitrogens with zero attached hydrogens (tertiary/aromatic N) is 1. The van der Waals surface area contributed by atoms with Gasteiger partial charge in [0, 0.05) is 18.6 Å². The molecule has 11 heavy (non-hydrogen) atoms. The van der Waals surface area contributed by atoms with Gasteiger partial charge in [0.2, 0.25) is 0 Å². The number of nitrogens with two attached hydrogens (primary N) is 1. The lowest BCUT2D eigenvalue weighted by Gasteiger charge is -2.23. The van der Waals surface area contributed by atoms with Gasteiger partial charge in [0.05, 0.1) is 19.3 Å². The maximum Gasteiger partial charge on any atom is 0.0748 e. The van der Waals surface area contributed by atoms with Crippen LogP contribution < -0.4 is 5.73 Å². The van der Waals surface area contributed by atoms with Crippen molar-refractivity contribution in [1.29, 1.82) is 0 Å². The van der Waals surface area contributed by atoms with Crippen LogP contribution >= 0.6 is 0 Å². The molecular formula is C8H12N2O. The van der Waals surface area contributed by atoms with E-state index in [1.165, 1.54) is 6.42 Å². The third-order valence-electron chi connectivity index (χ3n) is 2.26. The molecule has 1 aliphatic carbocycles. The first-order valence-electron chi connectivity index (χ1n) is 3.96. The summed E-state index contributed by atoms with van der Waals surface area (Å²) in [7, 11) is 0. The monoisotopic (exact) mass is 152 g/mol. The number of rotatable bonds is 1. The van der Waals surface area contributed by atoms with Crippen molar-refractivity contribution in [3.05, 3.63) is 0 Å². The molecule has 2 fully saturated rings. The van der Waals surface area contributed by atoms with Crippen molar-refractivity contribution in [2.75, 3.05) is 19.7 Å². The van der Waals surface area contributed by atoms with E-state index in [4.69, 9.17) is 10.5 Å². The van der Waals surface area contributed by atoms with E-state index in [1.54, 1.807) is 0 Å². The summed E-state index contributed by atoms with van der Waals surface area (Å²) in [6.07, 6.45) is 1.69. The molecule has 2 unspecified atom stereocenters. The van der Waals surface area contributed by atoms with Gasteiger partial charge in [-0.25, -0.2) is 0 Å². The van der Waals surface area contributed by atoms with Gasteiger partial charge < -0.3 is 10.5 Å². The highest BCUT2D eigenvalue weighted by Gasteiger charge is 2.45.